The lowest BCUT2D eigenvalue weighted by Crippen LogP contribution is -2.17. The number of hydrogen-bond acceptors (Lipinski definition) is 5. The van der Waals surface area contributed by atoms with Gasteiger partial charge in [0.25, 0.3) is 11.2 Å². The minimum Gasteiger partial charge on any atom is -0.295 e. The molecule has 0 saturated heterocycles. The van der Waals surface area contributed by atoms with Gasteiger partial charge in [-0.25, -0.2) is 9.36 Å². The minimum absolute atomic E-state index is 0.00704. The fourth-order valence-corrected chi connectivity index (χ4v) is 3.71. The van der Waals surface area contributed by atoms with Crippen LogP contribution in [0.4, 0.5) is 11.4 Å². The van der Waals surface area contributed by atoms with Crippen LogP contribution in [0.25, 0.3) is 11.4 Å². The Labute approximate surface area is 194 Å². The molecule has 1 N–H and O–H groups in total. The number of nitro groups is 1. The molecule has 0 atom stereocenters. The van der Waals surface area contributed by atoms with Gasteiger partial charge in [0.05, 0.1) is 33.2 Å². The SMILES string of the molecule is Cc1ccc(-n2[nH]c(C)c(C=Nc3c(C)nn(-c4ccc([N+](=O)[O-])cc4)c3C)c2=O)cc1Cl. The van der Waals surface area contributed by atoms with Gasteiger partial charge in [0.1, 0.15) is 5.69 Å². The third-order valence-corrected chi connectivity index (χ3v) is 5.82. The van der Waals surface area contributed by atoms with Crippen molar-refractivity contribution in [1.82, 2.24) is 19.6 Å². The zero-order chi connectivity index (χ0) is 23.9. The monoisotopic (exact) mass is 464 g/mol. The Morgan fingerprint density at radius 1 is 1.09 bits per heavy atom. The second-order valence-electron chi connectivity index (χ2n) is 7.69. The molecule has 9 nitrogen and oxygen atoms in total. The molecule has 33 heavy (non-hydrogen) atoms. The Balaban J connectivity index is 1.69. The fraction of sp³-hybridized carbons (Fsp3) is 0.174. The van der Waals surface area contributed by atoms with E-state index in [1.807, 2.05) is 32.9 Å². The van der Waals surface area contributed by atoms with Crippen LogP contribution in [-0.2, 0) is 0 Å². The van der Waals surface area contributed by atoms with E-state index in [0.717, 1.165) is 11.3 Å². The molecule has 0 aliphatic heterocycles. The second-order valence-corrected chi connectivity index (χ2v) is 8.09. The summed E-state index contributed by atoms with van der Waals surface area (Å²) in [5.41, 5.74) is 5.13. The van der Waals surface area contributed by atoms with E-state index in [1.54, 1.807) is 29.8 Å². The summed E-state index contributed by atoms with van der Waals surface area (Å²) in [6.45, 7) is 7.37. The molecule has 0 spiro atoms. The van der Waals surface area contributed by atoms with Crippen molar-refractivity contribution >= 4 is 29.2 Å². The highest BCUT2D eigenvalue weighted by atomic mass is 35.5. The molecular weight excluding hydrogens is 444 g/mol. The van der Waals surface area contributed by atoms with Gasteiger partial charge in [0.2, 0.25) is 0 Å². The number of H-pyrrole nitrogens is 1. The normalized spacial score (nSPS) is 11.4. The van der Waals surface area contributed by atoms with Crippen molar-refractivity contribution in [3.63, 3.8) is 0 Å². The molecule has 10 heteroatoms. The number of halogens is 1. The largest absolute Gasteiger partial charge is 0.295 e. The standard InChI is InChI=1S/C23H21ClN6O3/c1-13-5-6-19(11-21(13)24)29-23(31)20(14(2)26-29)12-25-22-15(3)27-28(16(22)4)17-7-9-18(10-8-17)30(32)33/h5-12,26H,1-4H3. The maximum atomic E-state index is 13.0. The summed E-state index contributed by atoms with van der Waals surface area (Å²) < 4.78 is 3.10. The first-order chi connectivity index (χ1) is 15.7. The molecule has 168 valence electrons. The van der Waals surface area contributed by atoms with Gasteiger partial charge in [0.15, 0.2) is 0 Å². The number of aromatic nitrogens is 4. The van der Waals surface area contributed by atoms with Crippen molar-refractivity contribution in [3.8, 4) is 11.4 Å². The Morgan fingerprint density at radius 2 is 1.76 bits per heavy atom. The molecule has 0 fully saturated rings. The van der Waals surface area contributed by atoms with Gasteiger partial charge in [-0.3, -0.25) is 25.0 Å². The van der Waals surface area contributed by atoms with Crippen molar-refractivity contribution in [3.05, 3.63) is 96.2 Å². The average molecular weight is 465 g/mol. The topological polar surface area (TPSA) is 111 Å². The van der Waals surface area contributed by atoms with Crippen LogP contribution in [0.3, 0.4) is 0 Å². The van der Waals surface area contributed by atoms with Crippen LogP contribution in [0, 0.1) is 37.8 Å². The number of benzene rings is 2. The Hall–Kier alpha value is -3.98. The Morgan fingerprint density at radius 3 is 2.39 bits per heavy atom. The number of nitrogens with one attached hydrogen (secondary N) is 1. The van der Waals surface area contributed by atoms with Crippen LogP contribution < -0.4 is 5.56 Å². The third-order valence-electron chi connectivity index (χ3n) is 5.41. The lowest BCUT2D eigenvalue weighted by molar-refractivity contribution is -0.384. The first kappa shape index (κ1) is 22.2. The maximum Gasteiger partial charge on any atom is 0.280 e. The molecule has 0 aliphatic carbocycles. The number of aromatic amines is 1. The molecule has 2 heterocycles. The zero-order valence-electron chi connectivity index (χ0n) is 18.5. The van der Waals surface area contributed by atoms with Crippen LogP contribution >= 0.6 is 11.6 Å². The van der Waals surface area contributed by atoms with Crippen LogP contribution in [0.15, 0.2) is 52.3 Å². The van der Waals surface area contributed by atoms with E-state index >= 15 is 0 Å². The molecule has 0 radical (unpaired) electrons. The van der Waals surface area contributed by atoms with Crippen molar-refractivity contribution in [2.75, 3.05) is 0 Å². The summed E-state index contributed by atoms with van der Waals surface area (Å²) in [5.74, 6) is 0. The summed E-state index contributed by atoms with van der Waals surface area (Å²) in [6, 6.07) is 11.5. The Bertz CT molecular complexity index is 1460. The van der Waals surface area contributed by atoms with Crippen LogP contribution in [-0.4, -0.2) is 30.7 Å². The van der Waals surface area contributed by atoms with E-state index in [1.165, 1.54) is 23.0 Å². The van der Waals surface area contributed by atoms with Crippen molar-refractivity contribution in [2.24, 2.45) is 4.99 Å². The summed E-state index contributed by atoms with van der Waals surface area (Å²) in [4.78, 5) is 28.0. The van der Waals surface area contributed by atoms with Crippen molar-refractivity contribution in [1.29, 1.82) is 0 Å². The average Bonchev–Trinajstić information content (AvgIpc) is 3.23. The summed E-state index contributed by atoms with van der Waals surface area (Å²) in [5, 5.41) is 19.1. The Kier molecular flexibility index (Phi) is 5.73. The predicted octanol–water partition coefficient (Wildman–Crippen LogP) is 4.90. The van der Waals surface area contributed by atoms with Gasteiger partial charge < -0.3 is 0 Å². The number of nitrogens with zero attached hydrogens (tertiary/aromatic N) is 5. The van der Waals surface area contributed by atoms with E-state index in [-0.39, 0.29) is 11.2 Å². The summed E-state index contributed by atoms with van der Waals surface area (Å²) >= 11 is 6.22. The number of rotatable bonds is 5. The predicted molar refractivity (Wildman–Crippen MR) is 128 cm³/mol. The fourth-order valence-electron chi connectivity index (χ4n) is 3.53. The molecule has 2 aromatic heterocycles. The van der Waals surface area contributed by atoms with E-state index in [2.05, 4.69) is 15.2 Å². The molecular formula is C23H21ClN6O3. The minimum atomic E-state index is -0.447. The van der Waals surface area contributed by atoms with Crippen LogP contribution in [0.1, 0.15) is 28.2 Å². The molecule has 0 saturated carbocycles. The quantitative estimate of drug-likeness (QED) is 0.257. The first-order valence-corrected chi connectivity index (χ1v) is 10.5. The highest BCUT2D eigenvalue weighted by Gasteiger charge is 2.15. The number of aryl methyl sites for hydroxylation is 3. The van der Waals surface area contributed by atoms with E-state index in [0.29, 0.717) is 39.0 Å². The van der Waals surface area contributed by atoms with Gasteiger partial charge in [0, 0.05) is 29.1 Å². The van der Waals surface area contributed by atoms with Crippen molar-refractivity contribution < 1.29 is 4.92 Å². The van der Waals surface area contributed by atoms with Crippen LogP contribution in [0.2, 0.25) is 5.02 Å². The highest BCUT2D eigenvalue weighted by Crippen LogP contribution is 2.26. The van der Waals surface area contributed by atoms with Crippen molar-refractivity contribution in [2.45, 2.75) is 27.7 Å². The van der Waals surface area contributed by atoms with Gasteiger partial charge in [-0.05, 0) is 57.5 Å². The highest BCUT2D eigenvalue weighted by molar-refractivity contribution is 6.31. The lowest BCUT2D eigenvalue weighted by Gasteiger charge is -2.04. The number of aliphatic imine (C=N–C) groups is 1. The van der Waals surface area contributed by atoms with E-state index < -0.39 is 4.92 Å². The molecule has 0 unspecified atom stereocenters. The van der Waals surface area contributed by atoms with E-state index in [9.17, 15) is 14.9 Å². The lowest BCUT2D eigenvalue weighted by atomic mass is 10.2. The van der Waals surface area contributed by atoms with Gasteiger partial charge >= 0.3 is 0 Å². The van der Waals surface area contributed by atoms with Gasteiger partial charge in [-0.1, -0.05) is 17.7 Å². The zero-order valence-corrected chi connectivity index (χ0v) is 19.2. The summed E-state index contributed by atoms with van der Waals surface area (Å²) in [6.07, 6.45) is 1.53. The molecule has 4 rings (SSSR count). The maximum absolute atomic E-state index is 13.0. The molecule has 4 aromatic rings. The smallest absolute Gasteiger partial charge is 0.280 e. The van der Waals surface area contributed by atoms with Gasteiger partial charge in [-0.15, -0.1) is 0 Å². The number of hydrogen-bond donors (Lipinski definition) is 1. The number of non-ortho nitro benzene ring substituents is 1. The molecule has 0 amide bonds. The van der Waals surface area contributed by atoms with Gasteiger partial charge in [-0.2, -0.15) is 5.10 Å². The summed E-state index contributed by atoms with van der Waals surface area (Å²) in [7, 11) is 0. The van der Waals surface area contributed by atoms with E-state index in [4.69, 9.17) is 11.6 Å². The first-order valence-electron chi connectivity index (χ1n) is 10.1. The molecule has 0 bridgehead atoms. The molecule has 2 aromatic carbocycles. The number of nitro benzene ring substituents is 1. The second kappa shape index (κ2) is 8.51. The molecule has 0 aliphatic rings. The third kappa shape index (κ3) is 4.10. The van der Waals surface area contributed by atoms with Crippen LogP contribution in [0.5, 0.6) is 0 Å².